The summed E-state index contributed by atoms with van der Waals surface area (Å²) in [7, 11) is 0. The van der Waals surface area contributed by atoms with Gasteiger partial charge >= 0.3 is 11.8 Å². The largest absolute Gasteiger partial charge is 0.348 e. The number of halogens is 1. The van der Waals surface area contributed by atoms with Crippen molar-refractivity contribution in [1.29, 1.82) is 0 Å². The van der Waals surface area contributed by atoms with Crippen LogP contribution < -0.4 is 5.32 Å². The van der Waals surface area contributed by atoms with E-state index in [9.17, 15) is 4.79 Å². The summed E-state index contributed by atoms with van der Waals surface area (Å²) in [6.45, 7) is 1.67. The molecule has 0 aromatic carbocycles. The predicted molar refractivity (Wildman–Crippen MR) is 87.5 cm³/mol. The Balaban J connectivity index is 1.46. The van der Waals surface area contributed by atoms with E-state index in [0.717, 1.165) is 16.5 Å². The molecule has 3 heterocycles. The van der Waals surface area contributed by atoms with Gasteiger partial charge in [-0.2, -0.15) is 10.1 Å². The third kappa shape index (κ3) is 4.37. The number of hydrogen-bond donors (Lipinski definition) is 1. The predicted octanol–water partition coefficient (Wildman–Crippen LogP) is 0.936. The summed E-state index contributed by atoms with van der Waals surface area (Å²) in [6.07, 6.45) is 9.71. The fourth-order valence-electron chi connectivity index (χ4n) is 1.94. The first-order chi connectivity index (χ1) is 11.2. The normalized spacial score (nSPS) is 10.8. The van der Waals surface area contributed by atoms with Crippen LogP contribution in [0.2, 0.25) is 0 Å². The van der Waals surface area contributed by atoms with Gasteiger partial charge in [0.25, 0.3) is 0 Å². The van der Waals surface area contributed by atoms with E-state index in [-0.39, 0.29) is 11.8 Å². The zero-order valence-corrected chi connectivity index (χ0v) is 14.3. The molecule has 23 heavy (non-hydrogen) atoms. The molecule has 3 rings (SSSR count). The lowest BCUT2D eigenvalue weighted by Gasteiger charge is -2.02. The van der Waals surface area contributed by atoms with Gasteiger partial charge in [0, 0.05) is 31.7 Å². The van der Waals surface area contributed by atoms with Crippen molar-refractivity contribution in [2.75, 3.05) is 6.54 Å². The van der Waals surface area contributed by atoms with Crippen molar-refractivity contribution in [2.45, 2.75) is 19.5 Å². The van der Waals surface area contributed by atoms with Crippen LogP contribution in [-0.2, 0) is 13.1 Å². The van der Waals surface area contributed by atoms with Crippen molar-refractivity contribution in [3.05, 3.63) is 46.4 Å². The summed E-state index contributed by atoms with van der Waals surface area (Å²) >= 11 is 2.16. The van der Waals surface area contributed by atoms with Gasteiger partial charge in [0.05, 0.1) is 16.1 Å². The second-order valence-corrected chi connectivity index (χ2v) is 6.03. The fraction of sp³-hybridized carbons (Fsp3) is 0.308. The minimum absolute atomic E-state index is 0.0375. The van der Waals surface area contributed by atoms with E-state index < -0.39 is 0 Å². The zero-order chi connectivity index (χ0) is 16.1. The summed E-state index contributed by atoms with van der Waals surface area (Å²) in [6, 6.07) is 0. The van der Waals surface area contributed by atoms with Crippen LogP contribution >= 0.6 is 22.6 Å². The standard InChI is InChI=1S/C13H14IN7O2/c14-10-6-17-21(7-10)8-11-18-13(23-19-11)12(22)16-2-1-4-20-5-3-15-9-20/h3,5-7,9H,1-2,4,8H2,(H,16,22). The molecule has 9 nitrogen and oxygen atoms in total. The van der Waals surface area contributed by atoms with E-state index in [0.29, 0.717) is 18.9 Å². The maximum absolute atomic E-state index is 11.9. The highest BCUT2D eigenvalue weighted by molar-refractivity contribution is 14.1. The molecule has 0 saturated carbocycles. The first-order valence-corrected chi connectivity index (χ1v) is 8.03. The molecule has 1 amide bonds. The highest BCUT2D eigenvalue weighted by Crippen LogP contribution is 2.04. The van der Waals surface area contributed by atoms with Gasteiger partial charge in [-0.05, 0) is 29.0 Å². The summed E-state index contributed by atoms with van der Waals surface area (Å²) in [5.41, 5.74) is 0. The molecule has 10 heteroatoms. The number of aromatic nitrogens is 6. The Morgan fingerprint density at radius 3 is 3.09 bits per heavy atom. The number of rotatable bonds is 7. The molecule has 0 aliphatic heterocycles. The number of carbonyl (C=O) groups is 1. The van der Waals surface area contributed by atoms with E-state index in [4.69, 9.17) is 4.52 Å². The lowest BCUT2D eigenvalue weighted by Crippen LogP contribution is -2.25. The quantitative estimate of drug-likeness (QED) is 0.445. The molecule has 0 bridgehead atoms. The SMILES string of the molecule is O=C(NCCCn1ccnc1)c1nc(Cn2cc(I)cn2)no1. The molecule has 0 atom stereocenters. The molecule has 0 unspecified atom stereocenters. The molecule has 0 spiro atoms. The van der Waals surface area contributed by atoms with Crippen LogP contribution in [0.25, 0.3) is 0 Å². The summed E-state index contributed by atoms with van der Waals surface area (Å²) in [4.78, 5) is 20.0. The summed E-state index contributed by atoms with van der Waals surface area (Å²) in [5, 5.41) is 10.7. The fourth-order valence-corrected chi connectivity index (χ4v) is 2.38. The molecule has 0 fully saturated rings. The molecule has 120 valence electrons. The molecule has 0 aliphatic carbocycles. The third-order valence-electron chi connectivity index (χ3n) is 3.01. The second-order valence-electron chi connectivity index (χ2n) is 4.78. The average Bonchev–Trinajstić information content (AvgIpc) is 3.26. The topological polar surface area (TPSA) is 104 Å². The van der Waals surface area contributed by atoms with Crippen LogP contribution in [0, 0.1) is 3.57 Å². The Bertz CT molecular complexity index is 765. The average molecular weight is 427 g/mol. The maximum Gasteiger partial charge on any atom is 0.316 e. The second kappa shape index (κ2) is 7.35. The lowest BCUT2D eigenvalue weighted by molar-refractivity contribution is 0.0909. The first-order valence-electron chi connectivity index (χ1n) is 6.95. The van der Waals surface area contributed by atoms with E-state index in [1.165, 1.54) is 0 Å². The Hall–Kier alpha value is -2.24. The molecule has 3 aromatic rings. The molecular formula is C13H14IN7O2. The van der Waals surface area contributed by atoms with Crippen molar-refractivity contribution in [3.63, 3.8) is 0 Å². The highest BCUT2D eigenvalue weighted by atomic mass is 127. The molecular weight excluding hydrogens is 413 g/mol. The van der Waals surface area contributed by atoms with Crippen LogP contribution in [0.1, 0.15) is 22.9 Å². The maximum atomic E-state index is 11.9. The third-order valence-corrected chi connectivity index (χ3v) is 3.56. The van der Waals surface area contributed by atoms with Gasteiger partial charge in [-0.25, -0.2) is 4.98 Å². The van der Waals surface area contributed by atoms with Crippen molar-refractivity contribution in [3.8, 4) is 0 Å². The van der Waals surface area contributed by atoms with Crippen molar-refractivity contribution in [2.24, 2.45) is 0 Å². The number of amides is 1. The van der Waals surface area contributed by atoms with Gasteiger partial charge in [-0.1, -0.05) is 5.16 Å². The van der Waals surface area contributed by atoms with E-state index in [1.54, 1.807) is 23.4 Å². The minimum Gasteiger partial charge on any atom is -0.348 e. The zero-order valence-electron chi connectivity index (χ0n) is 12.1. The number of nitrogens with zero attached hydrogens (tertiary/aromatic N) is 6. The van der Waals surface area contributed by atoms with Crippen molar-refractivity contribution >= 4 is 28.5 Å². The Kier molecular flexibility index (Phi) is 5.00. The summed E-state index contributed by atoms with van der Waals surface area (Å²) in [5.74, 6) is 0.00183. The smallest absolute Gasteiger partial charge is 0.316 e. The van der Waals surface area contributed by atoms with Crippen LogP contribution in [0.4, 0.5) is 0 Å². The van der Waals surface area contributed by atoms with Crippen LogP contribution in [-0.4, -0.2) is 41.9 Å². The van der Waals surface area contributed by atoms with E-state index in [1.807, 2.05) is 17.0 Å². The van der Waals surface area contributed by atoms with Crippen LogP contribution in [0.5, 0.6) is 0 Å². The molecule has 0 aliphatic rings. The minimum atomic E-state index is -0.371. The number of imidazole rings is 1. The van der Waals surface area contributed by atoms with Gasteiger partial charge in [0.2, 0.25) is 0 Å². The number of hydrogen-bond acceptors (Lipinski definition) is 6. The number of carbonyl (C=O) groups excluding carboxylic acids is 1. The summed E-state index contributed by atoms with van der Waals surface area (Å²) < 4.78 is 9.62. The monoisotopic (exact) mass is 427 g/mol. The first kappa shape index (κ1) is 15.6. The van der Waals surface area contributed by atoms with Gasteiger partial charge < -0.3 is 14.4 Å². The van der Waals surface area contributed by atoms with Gasteiger partial charge in [0.1, 0.15) is 6.54 Å². The number of nitrogens with one attached hydrogen (secondary N) is 1. The molecule has 3 aromatic heterocycles. The van der Waals surface area contributed by atoms with Gasteiger partial charge in [-0.3, -0.25) is 9.48 Å². The molecule has 0 radical (unpaired) electrons. The Morgan fingerprint density at radius 2 is 2.35 bits per heavy atom. The van der Waals surface area contributed by atoms with Crippen LogP contribution in [0.15, 0.2) is 35.6 Å². The van der Waals surface area contributed by atoms with Crippen molar-refractivity contribution in [1.82, 2.24) is 34.8 Å². The van der Waals surface area contributed by atoms with E-state index >= 15 is 0 Å². The van der Waals surface area contributed by atoms with Gasteiger partial charge in [0.15, 0.2) is 5.82 Å². The molecule has 0 saturated heterocycles. The lowest BCUT2D eigenvalue weighted by atomic mass is 10.4. The van der Waals surface area contributed by atoms with E-state index in [2.05, 4.69) is 48.1 Å². The van der Waals surface area contributed by atoms with Crippen LogP contribution in [0.3, 0.4) is 0 Å². The molecule has 1 N–H and O–H groups in total. The number of aryl methyl sites for hydroxylation is 1. The van der Waals surface area contributed by atoms with Crippen molar-refractivity contribution < 1.29 is 9.32 Å². The Labute approximate surface area is 145 Å². The van der Waals surface area contributed by atoms with Gasteiger partial charge in [-0.15, -0.1) is 0 Å². The highest BCUT2D eigenvalue weighted by Gasteiger charge is 2.15. The Morgan fingerprint density at radius 1 is 1.43 bits per heavy atom.